The largest absolute Gasteiger partial charge is 0.482 e. The molecule has 0 bridgehead atoms. The summed E-state index contributed by atoms with van der Waals surface area (Å²) in [6.45, 7) is 5.51. The van der Waals surface area contributed by atoms with Crippen LogP contribution in [-0.2, 0) is 9.53 Å². The lowest BCUT2D eigenvalue weighted by atomic mass is 10.2. The Morgan fingerprint density at radius 3 is 2.55 bits per heavy atom. The van der Waals surface area contributed by atoms with Crippen LogP contribution >= 0.6 is 11.3 Å². The molecule has 0 aliphatic carbocycles. The van der Waals surface area contributed by atoms with Gasteiger partial charge in [0, 0.05) is 16.6 Å². The smallest absolute Gasteiger partial charge is 0.344 e. The highest BCUT2D eigenvalue weighted by Crippen LogP contribution is 2.25. The van der Waals surface area contributed by atoms with Crippen molar-refractivity contribution in [2.75, 3.05) is 6.61 Å². The van der Waals surface area contributed by atoms with Gasteiger partial charge in [0.1, 0.15) is 10.8 Å². The summed E-state index contributed by atoms with van der Waals surface area (Å²) in [6, 6.07) is 7.52. The molecule has 0 radical (unpaired) electrons. The molecule has 2 aromatic rings. The summed E-state index contributed by atoms with van der Waals surface area (Å²) in [5, 5.41) is 3.00. The summed E-state index contributed by atoms with van der Waals surface area (Å²) in [4.78, 5) is 15.8. The lowest BCUT2D eigenvalue weighted by Gasteiger charge is -2.09. The number of aryl methyl sites for hydroxylation is 1. The second-order valence-electron chi connectivity index (χ2n) is 4.65. The molecule has 0 aliphatic heterocycles. The van der Waals surface area contributed by atoms with Crippen LogP contribution in [0.3, 0.4) is 0 Å². The molecule has 20 heavy (non-hydrogen) atoms. The summed E-state index contributed by atoms with van der Waals surface area (Å²) in [5.41, 5.74) is 2.06. The van der Waals surface area contributed by atoms with Crippen LogP contribution in [0.4, 0.5) is 0 Å². The Hall–Kier alpha value is -1.88. The fourth-order valence-corrected chi connectivity index (χ4v) is 2.42. The summed E-state index contributed by atoms with van der Waals surface area (Å²) >= 11 is 1.61. The first kappa shape index (κ1) is 14.5. The Bertz CT molecular complexity index is 575. The van der Waals surface area contributed by atoms with Gasteiger partial charge in [0.2, 0.25) is 0 Å². The molecular weight excluding hydrogens is 274 g/mol. The van der Waals surface area contributed by atoms with E-state index in [1.807, 2.05) is 50.4 Å². The molecule has 0 N–H and O–H groups in total. The van der Waals surface area contributed by atoms with E-state index < -0.39 is 0 Å². The molecule has 1 heterocycles. The van der Waals surface area contributed by atoms with Crippen molar-refractivity contribution < 1.29 is 14.3 Å². The molecule has 0 aliphatic rings. The van der Waals surface area contributed by atoms with E-state index in [4.69, 9.17) is 9.47 Å². The Morgan fingerprint density at radius 2 is 2.00 bits per heavy atom. The number of aromatic nitrogens is 1. The summed E-state index contributed by atoms with van der Waals surface area (Å²) in [7, 11) is 0. The number of nitrogens with zero attached hydrogens (tertiary/aromatic N) is 1. The molecule has 2 rings (SSSR count). The molecule has 0 atom stereocenters. The van der Waals surface area contributed by atoms with Gasteiger partial charge in [0.15, 0.2) is 6.61 Å². The number of benzene rings is 1. The third-order valence-corrected chi connectivity index (χ3v) is 3.45. The van der Waals surface area contributed by atoms with Crippen molar-refractivity contribution in [3.05, 3.63) is 35.3 Å². The normalized spacial score (nSPS) is 10.6. The van der Waals surface area contributed by atoms with Gasteiger partial charge in [-0.05, 0) is 45.0 Å². The average Bonchev–Trinajstić information content (AvgIpc) is 2.83. The van der Waals surface area contributed by atoms with Crippen LogP contribution in [0.15, 0.2) is 29.6 Å². The molecular formula is C15H17NO3S. The lowest BCUT2D eigenvalue weighted by Crippen LogP contribution is -2.18. The predicted molar refractivity (Wildman–Crippen MR) is 79.0 cm³/mol. The van der Waals surface area contributed by atoms with Gasteiger partial charge < -0.3 is 9.47 Å². The highest BCUT2D eigenvalue weighted by Gasteiger charge is 2.07. The van der Waals surface area contributed by atoms with Crippen molar-refractivity contribution in [3.8, 4) is 16.3 Å². The standard InChI is InChI=1S/C15H17NO3S/c1-10(2)19-14(17)8-18-13-6-4-12(5-7-13)15-16-11(3)9-20-15/h4-7,9-10H,8H2,1-3H3. The minimum Gasteiger partial charge on any atom is -0.482 e. The fraction of sp³-hybridized carbons (Fsp3) is 0.333. The van der Waals surface area contributed by atoms with E-state index in [-0.39, 0.29) is 18.7 Å². The predicted octanol–water partition coefficient (Wildman–Crippen LogP) is 3.45. The van der Waals surface area contributed by atoms with Crippen molar-refractivity contribution in [1.29, 1.82) is 0 Å². The van der Waals surface area contributed by atoms with Crippen LogP contribution in [0.25, 0.3) is 10.6 Å². The minimum atomic E-state index is -0.361. The summed E-state index contributed by atoms with van der Waals surface area (Å²) < 4.78 is 10.4. The van der Waals surface area contributed by atoms with E-state index in [2.05, 4.69) is 4.98 Å². The van der Waals surface area contributed by atoms with Crippen LogP contribution in [-0.4, -0.2) is 23.7 Å². The number of hydrogen-bond donors (Lipinski definition) is 0. The van der Waals surface area contributed by atoms with E-state index in [0.29, 0.717) is 5.75 Å². The fourth-order valence-electron chi connectivity index (χ4n) is 1.62. The Morgan fingerprint density at radius 1 is 1.30 bits per heavy atom. The topological polar surface area (TPSA) is 48.4 Å². The maximum atomic E-state index is 11.4. The number of carbonyl (C=O) groups excluding carboxylic acids is 1. The van der Waals surface area contributed by atoms with Gasteiger partial charge in [-0.25, -0.2) is 9.78 Å². The van der Waals surface area contributed by atoms with E-state index in [1.165, 1.54) is 0 Å². The molecule has 5 heteroatoms. The molecule has 1 aromatic heterocycles. The zero-order chi connectivity index (χ0) is 14.5. The van der Waals surface area contributed by atoms with Crippen LogP contribution in [0, 0.1) is 6.92 Å². The van der Waals surface area contributed by atoms with E-state index in [1.54, 1.807) is 11.3 Å². The number of hydrogen-bond acceptors (Lipinski definition) is 5. The third-order valence-electron chi connectivity index (χ3n) is 2.44. The average molecular weight is 291 g/mol. The van der Waals surface area contributed by atoms with Crippen LogP contribution in [0.1, 0.15) is 19.5 Å². The quantitative estimate of drug-likeness (QED) is 0.792. The Labute approximate surface area is 122 Å². The number of ether oxygens (including phenoxy) is 2. The molecule has 106 valence electrons. The molecule has 0 fully saturated rings. The van der Waals surface area contributed by atoms with Gasteiger partial charge >= 0.3 is 5.97 Å². The molecule has 0 saturated heterocycles. The molecule has 1 aromatic carbocycles. The lowest BCUT2D eigenvalue weighted by molar-refractivity contribution is -0.149. The zero-order valence-corrected chi connectivity index (χ0v) is 12.6. The molecule has 0 unspecified atom stereocenters. The molecule has 4 nitrogen and oxygen atoms in total. The first-order chi connectivity index (χ1) is 9.54. The maximum absolute atomic E-state index is 11.4. The van der Waals surface area contributed by atoms with Crippen molar-refractivity contribution in [2.24, 2.45) is 0 Å². The summed E-state index contributed by atoms with van der Waals surface area (Å²) in [5.74, 6) is 0.280. The van der Waals surface area contributed by atoms with Gasteiger partial charge in [0.05, 0.1) is 6.10 Å². The van der Waals surface area contributed by atoms with Crippen LogP contribution in [0.2, 0.25) is 0 Å². The second-order valence-corrected chi connectivity index (χ2v) is 5.50. The van der Waals surface area contributed by atoms with Gasteiger partial charge in [-0.2, -0.15) is 0 Å². The Kier molecular flexibility index (Phi) is 4.74. The zero-order valence-electron chi connectivity index (χ0n) is 11.8. The monoisotopic (exact) mass is 291 g/mol. The van der Waals surface area contributed by atoms with Gasteiger partial charge in [-0.3, -0.25) is 0 Å². The highest BCUT2D eigenvalue weighted by atomic mass is 32.1. The first-order valence-corrected chi connectivity index (χ1v) is 7.27. The number of carbonyl (C=O) groups is 1. The Balaban J connectivity index is 1.93. The van der Waals surface area contributed by atoms with Gasteiger partial charge in [-0.1, -0.05) is 0 Å². The van der Waals surface area contributed by atoms with Gasteiger partial charge in [0.25, 0.3) is 0 Å². The molecule has 0 spiro atoms. The van der Waals surface area contributed by atoms with Crippen LogP contribution < -0.4 is 4.74 Å². The van der Waals surface area contributed by atoms with Crippen LogP contribution in [0.5, 0.6) is 5.75 Å². The third kappa shape index (κ3) is 4.06. The van der Waals surface area contributed by atoms with E-state index in [0.717, 1.165) is 16.3 Å². The second kappa shape index (κ2) is 6.52. The minimum absolute atomic E-state index is 0.0755. The van der Waals surface area contributed by atoms with Gasteiger partial charge in [-0.15, -0.1) is 11.3 Å². The van der Waals surface area contributed by atoms with Crippen molar-refractivity contribution in [2.45, 2.75) is 26.9 Å². The SMILES string of the molecule is Cc1csc(-c2ccc(OCC(=O)OC(C)C)cc2)n1. The summed E-state index contributed by atoms with van der Waals surface area (Å²) in [6.07, 6.45) is -0.124. The number of rotatable bonds is 5. The first-order valence-electron chi connectivity index (χ1n) is 6.39. The van der Waals surface area contributed by atoms with Crippen molar-refractivity contribution >= 4 is 17.3 Å². The molecule has 0 saturated carbocycles. The van der Waals surface area contributed by atoms with E-state index in [9.17, 15) is 4.79 Å². The van der Waals surface area contributed by atoms with Crippen molar-refractivity contribution in [3.63, 3.8) is 0 Å². The number of thiazole rings is 1. The number of esters is 1. The van der Waals surface area contributed by atoms with Crippen molar-refractivity contribution in [1.82, 2.24) is 4.98 Å². The molecule has 0 amide bonds. The maximum Gasteiger partial charge on any atom is 0.344 e. The highest BCUT2D eigenvalue weighted by molar-refractivity contribution is 7.13. The van der Waals surface area contributed by atoms with E-state index >= 15 is 0 Å².